The van der Waals surface area contributed by atoms with Gasteiger partial charge in [0, 0.05) is 11.6 Å². The highest BCUT2D eigenvalue weighted by Gasteiger charge is 2.49. The molecule has 0 saturated heterocycles. The van der Waals surface area contributed by atoms with Crippen molar-refractivity contribution in [2.45, 2.75) is 31.3 Å². The number of anilines is 1. The molecule has 6 nitrogen and oxygen atoms in total. The monoisotopic (exact) mass is 353 g/mol. The molecule has 0 radical (unpaired) electrons. The maximum Gasteiger partial charge on any atom is 0.534 e. The second-order valence-electron chi connectivity index (χ2n) is 4.96. The molecule has 0 saturated carbocycles. The van der Waals surface area contributed by atoms with Crippen LogP contribution in [0.15, 0.2) is 18.2 Å². The Morgan fingerprint density at radius 2 is 2.00 bits per heavy atom. The number of hydrogen-bond donors (Lipinski definition) is 0. The molecular weight excluding hydrogens is 339 g/mol. The molecule has 2 rings (SSSR count). The van der Waals surface area contributed by atoms with Gasteiger partial charge in [0.15, 0.2) is 0 Å². The van der Waals surface area contributed by atoms with Crippen molar-refractivity contribution in [3.8, 4) is 5.75 Å². The fourth-order valence-corrected chi connectivity index (χ4v) is 2.86. The summed E-state index contributed by atoms with van der Waals surface area (Å²) in [4.78, 5) is 13.1. The number of nitrogens with zero attached hydrogens (tertiary/aromatic N) is 1. The van der Waals surface area contributed by atoms with Crippen molar-refractivity contribution in [1.29, 1.82) is 0 Å². The number of hydrogen-bond acceptors (Lipinski definition) is 5. The SMILES string of the molecule is COC(=O)N1c2cccc(OS(=O)(=O)C(F)(F)F)c2CCC1C. The quantitative estimate of drug-likeness (QED) is 0.604. The Labute approximate surface area is 130 Å². The van der Waals surface area contributed by atoms with Crippen molar-refractivity contribution in [3.63, 3.8) is 0 Å². The van der Waals surface area contributed by atoms with Crippen molar-refractivity contribution in [1.82, 2.24) is 0 Å². The fourth-order valence-electron chi connectivity index (χ4n) is 2.37. The standard InChI is InChI=1S/C13H14F3NO5S/c1-8-6-7-9-10(17(8)12(18)21-2)4-3-5-11(9)22-23(19,20)13(14,15)16/h3-5,8H,6-7H2,1-2H3. The van der Waals surface area contributed by atoms with E-state index in [1.807, 2.05) is 0 Å². The predicted molar refractivity (Wildman–Crippen MR) is 74.7 cm³/mol. The van der Waals surface area contributed by atoms with Crippen molar-refractivity contribution in [3.05, 3.63) is 23.8 Å². The smallest absolute Gasteiger partial charge is 0.452 e. The lowest BCUT2D eigenvalue weighted by atomic mass is 9.96. The molecule has 0 bridgehead atoms. The number of benzene rings is 1. The minimum absolute atomic E-state index is 0.212. The molecule has 23 heavy (non-hydrogen) atoms. The normalized spacial score (nSPS) is 18.3. The number of halogens is 3. The van der Waals surface area contributed by atoms with Gasteiger partial charge in [0.25, 0.3) is 0 Å². The summed E-state index contributed by atoms with van der Waals surface area (Å²) in [5.74, 6) is -0.444. The summed E-state index contributed by atoms with van der Waals surface area (Å²) >= 11 is 0. The van der Waals surface area contributed by atoms with E-state index in [0.717, 1.165) is 6.07 Å². The Morgan fingerprint density at radius 3 is 2.57 bits per heavy atom. The van der Waals surface area contributed by atoms with Crippen LogP contribution in [-0.4, -0.2) is 33.2 Å². The molecule has 0 fully saturated rings. The third kappa shape index (κ3) is 3.21. The van der Waals surface area contributed by atoms with Gasteiger partial charge in [0.2, 0.25) is 0 Å². The van der Waals surface area contributed by atoms with E-state index in [1.54, 1.807) is 6.92 Å². The van der Waals surface area contributed by atoms with Gasteiger partial charge >= 0.3 is 21.7 Å². The van der Waals surface area contributed by atoms with Gasteiger partial charge in [0.1, 0.15) is 5.75 Å². The molecule has 0 aromatic heterocycles. The number of fused-ring (bicyclic) bond motifs is 1. The van der Waals surface area contributed by atoms with E-state index in [2.05, 4.69) is 8.92 Å². The zero-order valence-corrected chi connectivity index (χ0v) is 13.1. The van der Waals surface area contributed by atoms with E-state index in [9.17, 15) is 26.4 Å². The van der Waals surface area contributed by atoms with E-state index in [-0.39, 0.29) is 23.7 Å². The summed E-state index contributed by atoms with van der Waals surface area (Å²) in [5.41, 5.74) is -5.05. The molecule has 0 aliphatic carbocycles. The zero-order valence-electron chi connectivity index (χ0n) is 12.3. The number of carbonyl (C=O) groups is 1. The molecule has 1 aliphatic heterocycles. The van der Waals surface area contributed by atoms with E-state index in [1.165, 1.54) is 24.1 Å². The van der Waals surface area contributed by atoms with Gasteiger partial charge in [-0.1, -0.05) is 6.07 Å². The molecular formula is C13H14F3NO5S. The van der Waals surface area contributed by atoms with Crippen molar-refractivity contribution < 1.29 is 35.3 Å². The highest BCUT2D eigenvalue weighted by molar-refractivity contribution is 7.88. The molecule has 128 valence electrons. The van der Waals surface area contributed by atoms with Crippen LogP contribution in [0.1, 0.15) is 18.9 Å². The maximum atomic E-state index is 12.5. The van der Waals surface area contributed by atoms with Gasteiger partial charge in [-0.3, -0.25) is 4.90 Å². The van der Waals surface area contributed by atoms with Crippen LogP contribution < -0.4 is 9.08 Å². The highest BCUT2D eigenvalue weighted by Crippen LogP contribution is 2.38. The molecule has 0 spiro atoms. The van der Waals surface area contributed by atoms with Crippen LogP contribution in [-0.2, 0) is 21.3 Å². The van der Waals surface area contributed by atoms with Crippen LogP contribution >= 0.6 is 0 Å². The number of ether oxygens (including phenoxy) is 1. The number of amides is 1. The lowest BCUT2D eigenvalue weighted by Crippen LogP contribution is -2.42. The third-order valence-electron chi connectivity index (χ3n) is 3.48. The first kappa shape index (κ1) is 17.4. The zero-order chi connectivity index (χ0) is 17.4. The Bertz CT molecular complexity index is 717. The Balaban J connectivity index is 2.48. The van der Waals surface area contributed by atoms with Crippen molar-refractivity contribution in [2.24, 2.45) is 0 Å². The average molecular weight is 353 g/mol. The first-order valence-electron chi connectivity index (χ1n) is 6.58. The summed E-state index contributed by atoms with van der Waals surface area (Å²) in [5, 5.41) is 0. The van der Waals surface area contributed by atoms with E-state index in [4.69, 9.17) is 0 Å². The molecule has 1 aromatic carbocycles. The van der Waals surface area contributed by atoms with Crippen LogP contribution in [0.3, 0.4) is 0 Å². The molecule has 1 atom stereocenters. The van der Waals surface area contributed by atoms with Gasteiger partial charge in [-0.2, -0.15) is 21.6 Å². The maximum absolute atomic E-state index is 12.5. The average Bonchev–Trinajstić information content (AvgIpc) is 2.45. The minimum Gasteiger partial charge on any atom is -0.452 e. The molecule has 1 amide bonds. The van der Waals surface area contributed by atoms with Crippen LogP contribution in [0, 0.1) is 0 Å². The second-order valence-corrected chi connectivity index (χ2v) is 6.50. The summed E-state index contributed by atoms with van der Waals surface area (Å²) in [6.07, 6.45) is 0.0107. The van der Waals surface area contributed by atoms with Crippen molar-refractivity contribution >= 4 is 21.9 Å². The predicted octanol–water partition coefficient (Wildman–Crippen LogP) is 2.82. The fraction of sp³-hybridized carbons (Fsp3) is 0.462. The summed E-state index contributed by atoms with van der Waals surface area (Å²) in [6.45, 7) is 1.75. The van der Waals surface area contributed by atoms with Gasteiger partial charge in [-0.05, 0) is 31.9 Å². The highest BCUT2D eigenvalue weighted by atomic mass is 32.2. The van der Waals surface area contributed by atoms with Gasteiger partial charge in [0.05, 0.1) is 12.8 Å². The number of methoxy groups -OCH3 is 1. The number of carbonyl (C=O) groups excluding carboxylic acids is 1. The minimum atomic E-state index is -5.78. The molecule has 0 N–H and O–H groups in total. The third-order valence-corrected chi connectivity index (χ3v) is 4.44. The van der Waals surface area contributed by atoms with Gasteiger partial charge < -0.3 is 8.92 Å². The molecule has 10 heteroatoms. The van der Waals surface area contributed by atoms with Crippen LogP contribution in [0.5, 0.6) is 5.75 Å². The molecule has 1 unspecified atom stereocenters. The number of rotatable bonds is 2. The lowest BCUT2D eigenvalue weighted by molar-refractivity contribution is -0.0500. The Hall–Kier alpha value is -1.97. The first-order chi connectivity index (χ1) is 10.6. The van der Waals surface area contributed by atoms with Crippen molar-refractivity contribution in [2.75, 3.05) is 12.0 Å². The second kappa shape index (κ2) is 5.91. The molecule has 1 heterocycles. The number of alkyl halides is 3. The summed E-state index contributed by atoms with van der Waals surface area (Å²) in [7, 11) is -4.60. The lowest BCUT2D eigenvalue weighted by Gasteiger charge is -2.34. The molecule has 1 aromatic rings. The largest absolute Gasteiger partial charge is 0.534 e. The van der Waals surface area contributed by atoms with E-state index >= 15 is 0 Å². The van der Waals surface area contributed by atoms with Gasteiger partial charge in [-0.25, -0.2) is 4.79 Å². The topological polar surface area (TPSA) is 72.9 Å². The van der Waals surface area contributed by atoms with Crippen LogP contribution in [0.25, 0.3) is 0 Å². The first-order valence-corrected chi connectivity index (χ1v) is 7.99. The summed E-state index contributed by atoms with van der Waals surface area (Å²) in [6, 6.07) is 3.68. The van der Waals surface area contributed by atoms with E-state index < -0.39 is 27.5 Å². The van der Waals surface area contributed by atoms with E-state index in [0.29, 0.717) is 6.42 Å². The summed E-state index contributed by atoms with van der Waals surface area (Å²) < 4.78 is 68.7. The Morgan fingerprint density at radius 1 is 1.35 bits per heavy atom. The van der Waals surface area contributed by atoms with Crippen LogP contribution in [0.2, 0.25) is 0 Å². The van der Waals surface area contributed by atoms with Crippen LogP contribution in [0.4, 0.5) is 23.7 Å². The Kier molecular flexibility index (Phi) is 4.47. The van der Waals surface area contributed by atoms with Gasteiger partial charge in [-0.15, -0.1) is 0 Å². The molecule has 1 aliphatic rings.